The first-order valence-electron chi connectivity index (χ1n) is 13.0. The van der Waals surface area contributed by atoms with Gasteiger partial charge < -0.3 is 18.9 Å². The third kappa shape index (κ3) is 18.2. The van der Waals surface area contributed by atoms with E-state index >= 15 is 0 Å². The molecule has 0 saturated carbocycles. The normalized spacial score (nSPS) is 10.3. The first kappa shape index (κ1) is 34.3. The summed E-state index contributed by atoms with van der Waals surface area (Å²) in [7, 11) is 1.69. The molecule has 0 spiro atoms. The lowest BCUT2D eigenvalue weighted by Crippen LogP contribution is -2.08. The number of hydrogen-bond acceptors (Lipinski definition) is 8. The van der Waals surface area contributed by atoms with Crippen LogP contribution in [0.15, 0.2) is 24.3 Å². The molecule has 0 atom stereocenters. The van der Waals surface area contributed by atoms with Gasteiger partial charge in [-0.05, 0) is 76.8 Å². The topological polar surface area (TPSA) is 105 Å². The molecule has 0 radical (unpaired) electrons. The van der Waals surface area contributed by atoms with E-state index in [1.807, 2.05) is 0 Å². The number of carbonyl (C=O) groups is 4. The number of unbranched alkanes of at least 4 members (excludes halogenated alkanes) is 7. The molecule has 1 rings (SSSR count). The zero-order chi connectivity index (χ0) is 26.4. The van der Waals surface area contributed by atoms with Gasteiger partial charge in [0.25, 0.3) is 0 Å². The van der Waals surface area contributed by atoms with E-state index in [0.29, 0.717) is 56.6 Å². The molecule has 8 heteroatoms. The number of ketones is 1. The van der Waals surface area contributed by atoms with E-state index in [4.69, 9.17) is 18.9 Å². The molecular weight excluding hydrogens is 476 g/mol. The lowest BCUT2D eigenvalue weighted by Gasteiger charge is -2.07. The fourth-order valence-corrected chi connectivity index (χ4v) is 3.40. The van der Waals surface area contributed by atoms with Crippen LogP contribution >= 0.6 is 0 Å². The molecule has 0 heterocycles. The van der Waals surface area contributed by atoms with Crippen LogP contribution in [0.2, 0.25) is 0 Å². The van der Waals surface area contributed by atoms with Gasteiger partial charge in [-0.2, -0.15) is 0 Å². The van der Waals surface area contributed by atoms with E-state index in [1.165, 1.54) is 6.92 Å². The van der Waals surface area contributed by atoms with Crippen LogP contribution in [0.25, 0.3) is 0 Å². The van der Waals surface area contributed by atoms with Crippen molar-refractivity contribution in [3.8, 4) is 0 Å². The zero-order valence-corrected chi connectivity index (χ0v) is 21.9. The molecular formula is C29H46O8. The molecule has 8 nitrogen and oxygen atoms in total. The van der Waals surface area contributed by atoms with E-state index in [0.717, 1.165) is 58.0 Å². The monoisotopic (exact) mass is 522 g/mol. The predicted octanol–water partition coefficient (Wildman–Crippen LogP) is 6.10. The van der Waals surface area contributed by atoms with Crippen LogP contribution < -0.4 is 0 Å². The number of esters is 3. The van der Waals surface area contributed by atoms with Crippen LogP contribution in [0.5, 0.6) is 0 Å². The third-order valence-electron chi connectivity index (χ3n) is 5.58. The molecule has 0 amide bonds. The molecule has 210 valence electrons. The Morgan fingerprint density at radius 3 is 1.41 bits per heavy atom. The molecule has 1 aromatic rings. The maximum Gasteiger partial charge on any atom is 0.338 e. The second-order valence-electron chi connectivity index (χ2n) is 8.74. The highest BCUT2D eigenvalue weighted by Crippen LogP contribution is 2.09. The minimum atomic E-state index is -0.402. The lowest BCUT2D eigenvalue weighted by atomic mass is 10.1. The predicted molar refractivity (Wildman–Crippen MR) is 143 cm³/mol. The summed E-state index contributed by atoms with van der Waals surface area (Å²) in [6.45, 7) is 3.39. The van der Waals surface area contributed by atoms with Crippen LogP contribution in [0, 0.1) is 0 Å². The molecule has 0 aliphatic heterocycles. The second-order valence-corrected chi connectivity index (χ2v) is 8.74. The molecule has 0 unspecified atom stereocenters. The molecule has 1 aromatic carbocycles. The first-order valence-corrected chi connectivity index (χ1v) is 13.0. The number of rotatable bonds is 21. The Labute approximate surface area is 222 Å². The summed E-state index contributed by atoms with van der Waals surface area (Å²) >= 11 is 0. The highest BCUT2D eigenvalue weighted by Gasteiger charge is 2.08. The minimum Gasteiger partial charge on any atom is -0.466 e. The number of methoxy groups -OCH3 is 1. The van der Waals surface area contributed by atoms with Gasteiger partial charge in [0.15, 0.2) is 5.78 Å². The first-order chi connectivity index (χ1) is 17.4. The fourth-order valence-electron chi connectivity index (χ4n) is 3.40. The number of ether oxygens (including phenoxy) is 4. The summed E-state index contributed by atoms with van der Waals surface area (Å²) < 4.78 is 20.7. The van der Waals surface area contributed by atoms with Gasteiger partial charge in [0.05, 0.1) is 25.4 Å². The number of Topliss-reactive ketones (excluding diaryl/α,β-unsaturated/α-hetero) is 1. The van der Waals surface area contributed by atoms with Crippen LogP contribution in [0.4, 0.5) is 0 Å². The van der Waals surface area contributed by atoms with Crippen molar-refractivity contribution in [1.82, 2.24) is 0 Å². The van der Waals surface area contributed by atoms with Crippen molar-refractivity contribution in [2.75, 3.05) is 33.5 Å². The Morgan fingerprint density at radius 2 is 0.973 bits per heavy atom. The van der Waals surface area contributed by atoms with Crippen molar-refractivity contribution in [3.05, 3.63) is 35.4 Å². The maximum atomic E-state index is 12.0. The highest BCUT2D eigenvalue weighted by atomic mass is 16.5. The summed E-state index contributed by atoms with van der Waals surface area (Å²) in [6.07, 6.45) is 9.05. The zero-order valence-electron chi connectivity index (χ0n) is 21.9. The Morgan fingerprint density at radius 1 is 0.568 bits per heavy atom. The highest BCUT2D eigenvalue weighted by molar-refractivity contribution is 5.96. The van der Waals surface area contributed by atoms with Crippen LogP contribution in [-0.2, 0) is 28.5 Å². The molecule has 0 fully saturated rings. The van der Waals surface area contributed by atoms with Gasteiger partial charge in [-0.3, -0.25) is 14.4 Å². The Balaban J connectivity index is 0.0000130. The van der Waals surface area contributed by atoms with E-state index in [-0.39, 0.29) is 25.1 Å². The number of carbonyl (C=O) groups excluding carboxylic acids is 4. The van der Waals surface area contributed by atoms with Gasteiger partial charge in [0.1, 0.15) is 0 Å². The summed E-state index contributed by atoms with van der Waals surface area (Å²) in [5.74, 6) is -0.907. The smallest absolute Gasteiger partial charge is 0.338 e. The van der Waals surface area contributed by atoms with Crippen LogP contribution in [0.1, 0.15) is 112 Å². The summed E-state index contributed by atoms with van der Waals surface area (Å²) in [4.78, 5) is 46.7. The standard InChI is InChI=1S/C28H42O8.CH4/c1-23(29)24-15-17-25(18-16-24)28(32)36-22-12-6-5-11-21-35-27(31)14-8-7-13-26(30)34-20-10-4-3-9-19-33-2;/h15-18H,3-14,19-22H2,1-2H3;1H4. The maximum absolute atomic E-state index is 12.0. The Bertz CT molecular complexity index is 773. The molecule has 0 aliphatic carbocycles. The largest absolute Gasteiger partial charge is 0.466 e. The van der Waals surface area contributed by atoms with Crippen molar-refractivity contribution in [2.45, 2.75) is 91.4 Å². The third-order valence-corrected chi connectivity index (χ3v) is 5.58. The van der Waals surface area contributed by atoms with Crippen LogP contribution in [0.3, 0.4) is 0 Å². The second kappa shape index (κ2) is 22.5. The van der Waals surface area contributed by atoms with Gasteiger partial charge >= 0.3 is 17.9 Å². The minimum absolute atomic E-state index is 0. The molecule has 0 saturated heterocycles. The van der Waals surface area contributed by atoms with Gasteiger partial charge in [-0.1, -0.05) is 26.0 Å². The van der Waals surface area contributed by atoms with Crippen molar-refractivity contribution >= 4 is 23.7 Å². The molecule has 37 heavy (non-hydrogen) atoms. The van der Waals surface area contributed by atoms with Crippen LogP contribution in [-0.4, -0.2) is 57.2 Å². The number of hydrogen-bond donors (Lipinski definition) is 0. The van der Waals surface area contributed by atoms with Crippen molar-refractivity contribution in [3.63, 3.8) is 0 Å². The van der Waals surface area contributed by atoms with Gasteiger partial charge in [0, 0.05) is 32.1 Å². The van der Waals surface area contributed by atoms with E-state index in [2.05, 4.69) is 0 Å². The average molecular weight is 523 g/mol. The SMILES string of the molecule is C.COCCCCCCOC(=O)CCCCC(=O)OCCCCCCOC(=O)c1ccc(C(C)=O)cc1. The molecule has 0 aromatic heterocycles. The van der Waals surface area contributed by atoms with Crippen molar-refractivity contribution < 1.29 is 38.1 Å². The van der Waals surface area contributed by atoms with E-state index in [9.17, 15) is 19.2 Å². The molecule has 0 aliphatic rings. The van der Waals surface area contributed by atoms with E-state index in [1.54, 1.807) is 31.4 Å². The molecule has 0 N–H and O–H groups in total. The summed E-state index contributed by atoms with van der Waals surface area (Å²) in [5.41, 5.74) is 0.983. The van der Waals surface area contributed by atoms with Gasteiger partial charge in [-0.25, -0.2) is 4.79 Å². The molecule has 0 bridgehead atoms. The van der Waals surface area contributed by atoms with E-state index < -0.39 is 5.97 Å². The van der Waals surface area contributed by atoms with Crippen molar-refractivity contribution in [1.29, 1.82) is 0 Å². The number of benzene rings is 1. The fraction of sp³-hybridized carbons (Fsp3) is 0.655. The Hall–Kier alpha value is -2.74. The summed E-state index contributed by atoms with van der Waals surface area (Å²) in [5, 5.41) is 0. The summed E-state index contributed by atoms with van der Waals surface area (Å²) in [6, 6.07) is 6.41. The van der Waals surface area contributed by atoms with Gasteiger partial charge in [0.2, 0.25) is 0 Å². The average Bonchev–Trinajstić information content (AvgIpc) is 2.87. The van der Waals surface area contributed by atoms with Crippen molar-refractivity contribution in [2.24, 2.45) is 0 Å². The quantitative estimate of drug-likeness (QED) is 0.0826. The Kier molecular flexibility index (Phi) is 20.8. The van der Waals surface area contributed by atoms with Gasteiger partial charge in [-0.15, -0.1) is 0 Å². The lowest BCUT2D eigenvalue weighted by molar-refractivity contribution is -0.146.